The zero-order chi connectivity index (χ0) is 17.1. The van der Waals surface area contributed by atoms with Gasteiger partial charge in [-0.25, -0.2) is 19.6 Å². The van der Waals surface area contributed by atoms with Gasteiger partial charge in [0.1, 0.15) is 0 Å². The summed E-state index contributed by atoms with van der Waals surface area (Å²) in [5.41, 5.74) is -0.711. The number of nitrogens with zero attached hydrogens (tertiary/aromatic N) is 4. The molecule has 10 nitrogen and oxygen atoms in total. The Labute approximate surface area is 137 Å². The van der Waals surface area contributed by atoms with E-state index in [0.717, 1.165) is 0 Å². The molecule has 130 valence electrons. The second-order valence-electron chi connectivity index (χ2n) is 5.38. The Balaban J connectivity index is 2.08. The summed E-state index contributed by atoms with van der Waals surface area (Å²) in [5.74, 6) is -2.25. The van der Waals surface area contributed by atoms with Gasteiger partial charge in [-0.05, 0) is 0 Å². The van der Waals surface area contributed by atoms with E-state index < -0.39 is 11.9 Å². The van der Waals surface area contributed by atoms with Crippen molar-refractivity contribution >= 4 is 23.6 Å². The largest absolute Gasteiger partial charge is 0.476 e. The lowest BCUT2D eigenvalue weighted by Crippen LogP contribution is -2.41. The predicted octanol–water partition coefficient (Wildman–Crippen LogP) is -0.454. The number of anilines is 2. The molecule has 2 N–H and O–H groups in total. The van der Waals surface area contributed by atoms with Crippen LogP contribution in [0.15, 0.2) is 0 Å². The standard InChI is InChI=1S/C14H18N4O6/c19-13(20)9-11(17-1-5-23-6-2-17)16-12(10(15-9)14(21)22)18-3-7-24-8-4-18/h1-8H2,(H,19,20)(H,21,22). The first kappa shape index (κ1) is 16.4. The van der Waals surface area contributed by atoms with Gasteiger partial charge in [0.15, 0.2) is 23.0 Å². The van der Waals surface area contributed by atoms with Crippen LogP contribution in [-0.4, -0.2) is 84.7 Å². The lowest BCUT2D eigenvalue weighted by atomic mass is 10.2. The van der Waals surface area contributed by atoms with Crippen LogP contribution in [0.2, 0.25) is 0 Å². The van der Waals surface area contributed by atoms with Crippen LogP contribution in [0, 0.1) is 0 Å². The third kappa shape index (κ3) is 3.24. The van der Waals surface area contributed by atoms with Gasteiger partial charge < -0.3 is 29.5 Å². The lowest BCUT2D eigenvalue weighted by Gasteiger charge is -2.32. The van der Waals surface area contributed by atoms with Gasteiger partial charge in [0, 0.05) is 26.2 Å². The van der Waals surface area contributed by atoms with Gasteiger partial charge in [-0.2, -0.15) is 0 Å². The number of hydrogen-bond acceptors (Lipinski definition) is 8. The number of rotatable bonds is 4. The van der Waals surface area contributed by atoms with Crippen molar-refractivity contribution in [2.24, 2.45) is 0 Å². The van der Waals surface area contributed by atoms with Crippen molar-refractivity contribution in [3.63, 3.8) is 0 Å². The Morgan fingerprint density at radius 3 is 1.46 bits per heavy atom. The number of carboxylic acids is 2. The van der Waals surface area contributed by atoms with Crippen LogP contribution in [0.5, 0.6) is 0 Å². The van der Waals surface area contributed by atoms with Gasteiger partial charge in [0.05, 0.1) is 26.4 Å². The molecule has 0 bridgehead atoms. The molecule has 1 aromatic heterocycles. The molecule has 1 aromatic rings. The SMILES string of the molecule is O=C(O)c1nc(C(=O)O)c(N2CCOCC2)nc1N1CCOCC1. The van der Waals surface area contributed by atoms with Crippen molar-refractivity contribution < 1.29 is 29.3 Å². The van der Waals surface area contributed by atoms with E-state index >= 15 is 0 Å². The fourth-order valence-electron chi connectivity index (χ4n) is 2.70. The molecule has 2 saturated heterocycles. The highest BCUT2D eigenvalue weighted by Gasteiger charge is 2.29. The molecule has 0 radical (unpaired) electrons. The molecule has 2 fully saturated rings. The Hall–Kier alpha value is -2.46. The smallest absolute Gasteiger partial charge is 0.358 e. The maximum absolute atomic E-state index is 11.5. The van der Waals surface area contributed by atoms with Crippen LogP contribution >= 0.6 is 0 Å². The molecule has 0 amide bonds. The van der Waals surface area contributed by atoms with E-state index in [9.17, 15) is 19.8 Å². The molecule has 3 heterocycles. The molecule has 0 saturated carbocycles. The van der Waals surface area contributed by atoms with E-state index in [2.05, 4.69) is 9.97 Å². The molecule has 0 aromatic carbocycles. The van der Waals surface area contributed by atoms with Crippen LogP contribution in [0.4, 0.5) is 11.6 Å². The zero-order valence-corrected chi connectivity index (χ0v) is 13.0. The van der Waals surface area contributed by atoms with Crippen LogP contribution in [0.25, 0.3) is 0 Å². The number of carbonyl (C=O) groups is 2. The molecule has 0 spiro atoms. The van der Waals surface area contributed by atoms with Gasteiger partial charge >= 0.3 is 11.9 Å². The number of aromatic carboxylic acids is 2. The quantitative estimate of drug-likeness (QED) is 0.745. The maximum atomic E-state index is 11.5. The Morgan fingerprint density at radius 2 is 1.12 bits per heavy atom. The Morgan fingerprint density at radius 1 is 0.750 bits per heavy atom. The van der Waals surface area contributed by atoms with E-state index in [-0.39, 0.29) is 23.0 Å². The monoisotopic (exact) mass is 338 g/mol. The normalized spacial score (nSPS) is 18.5. The summed E-state index contributed by atoms with van der Waals surface area (Å²) in [6.07, 6.45) is 0. The minimum absolute atomic E-state index is 0.178. The molecule has 10 heteroatoms. The number of morpholine rings is 2. The van der Waals surface area contributed by atoms with E-state index in [1.54, 1.807) is 9.80 Å². The second-order valence-corrected chi connectivity index (χ2v) is 5.38. The van der Waals surface area contributed by atoms with Crippen LogP contribution < -0.4 is 9.80 Å². The summed E-state index contributed by atoms with van der Waals surface area (Å²) in [6, 6.07) is 0. The molecular weight excluding hydrogens is 320 g/mol. The first-order valence-electron chi connectivity index (χ1n) is 7.62. The number of carboxylic acid groups (broad SMARTS) is 2. The highest BCUT2D eigenvalue weighted by molar-refractivity contribution is 5.96. The van der Waals surface area contributed by atoms with Gasteiger partial charge in [-0.15, -0.1) is 0 Å². The zero-order valence-electron chi connectivity index (χ0n) is 13.0. The van der Waals surface area contributed by atoms with Gasteiger partial charge in [0.2, 0.25) is 0 Å². The van der Waals surface area contributed by atoms with Crippen LogP contribution in [0.1, 0.15) is 21.0 Å². The summed E-state index contributed by atoms with van der Waals surface area (Å²) < 4.78 is 10.5. The number of ether oxygens (including phenoxy) is 2. The van der Waals surface area contributed by atoms with Gasteiger partial charge in [-0.1, -0.05) is 0 Å². The van der Waals surface area contributed by atoms with Crippen molar-refractivity contribution in [1.29, 1.82) is 0 Å². The van der Waals surface area contributed by atoms with Crippen molar-refractivity contribution in [1.82, 2.24) is 9.97 Å². The fraction of sp³-hybridized carbons (Fsp3) is 0.571. The summed E-state index contributed by atoms with van der Waals surface area (Å²) in [4.78, 5) is 34.9. The van der Waals surface area contributed by atoms with Gasteiger partial charge in [-0.3, -0.25) is 0 Å². The van der Waals surface area contributed by atoms with Crippen LogP contribution in [0.3, 0.4) is 0 Å². The molecule has 24 heavy (non-hydrogen) atoms. The summed E-state index contributed by atoms with van der Waals surface area (Å²) in [5, 5.41) is 18.8. The minimum atomic E-state index is -1.31. The highest BCUT2D eigenvalue weighted by atomic mass is 16.5. The van der Waals surface area contributed by atoms with E-state index in [1.165, 1.54) is 0 Å². The minimum Gasteiger partial charge on any atom is -0.476 e. The van der Waals surface area contributed by atoms with Crippen molar-refractivity contribution in [2.75, 3.05) is 62.4 Å². The van der Waals surface area contributed by atoms with Crippen molar-refractivity contribution in [2.45, 2.75) is 0 Å². The van der Waals surface area contributed by atoms with E-state index in [1.807, 2.05) is 0 Å². The average Bonchev–Trinajstić information content (AvgIpc) is 2.62. The first-order chi connectivity index (χ1) is 11.6. The third-order valence-electron chi connectivity index (χ3n) is 3.89. The van der Waals surface area contributed by atoms with E-state index in [0.29, 0.717) is 52.6 Å². The molecule has 3 rings (SSSR count). The summed E-state index contributed by atoms with van der Waals surface area (Å²) in [6.45, 7) is 3.72. The highest BCUT2D eigenvalue weighted by Crippen LogP contribution is 2.26. The average molecular weight is 338 g/mol. The van der Waals surface area contributed by atoms with Crippen molar-refractivity contribution in [3.05, 3.63) is 11.4 Å². The fourth-order valence-corrected chi connectivity index (χ4v) is 2.70. The Kier molecular flexibility index (Phi) is 4.76. The second kappa shape index (κ2) is 6.97. The summed E-state index contributed by atoms with van der Waals surface area (Å²) >= 11 is 0. The van der Waals surface area contributed by atoms with Crippen molar-refractivity contribution in [3.8, 4) is 0 Å². The topological polar surface area (TPSA) is 125 Å². The van der Waals surface area contributed by atoms with E-state index in [4.69, 9.17) is 9.47 Å². The molecule has 0 atom stereocenters. The first-order valence-corrected chi connectivity index (χ1v) is 7.62. The third-order valence-corrected chi connectivity index (χ3v) is 3.89. The summed E-state index contributed by atoms with van der Waals surface area (Å²) in [7, 11) is 0. The van der Waals surface area contributed by atoms with Gasteiger partial charge in [0.25, 0.3) is 0 Å². The lowest BCUT2D eigenvalue weighted by molar-refractivity contribution is 0.0683. The van der Waals surface area contributed by atoms with Crippen LogP contribution in [-0.2, 0) is 9.47 Å². The number of aromatic nitrogens is 2. The maximum Gasteiger partial charge on any atom is 0.358 e. The molecular formula is C14H18N4O6. The molecule has 2 aliphatic heterocycles. The number of hydrogen-bond donors (Lipinski definition) is 2. The predicted molar refractivity (Wildman–Crippen MR) is 82.0 cm³/mol. The molecule has 0 unspecified atom stereocenters. The molecule has 2 aliphatic rings. The Bertz CT molecular complexity index is 589. The molecule has 0 aliphatic carbocycles.